The van der Waals surface area contributed by atoms with Crippen LogP contribution in [0.1, 0.15) is 36.6 Å². The molecule has 11 heteroatoms. The van der Waals surface area contributed by atoms with E-state index in [1.54, 1.807) is 12.1 Å². The van der Waals surface area contributed by atoms with Crippen LogP contribution in [0.5, 0.6) is 5.88 Å². The lowest BCUT2D eigenvalue weighted by molar-refractivity contribution is -0.149. The van der Waals surface area contributed by atoms with E-state index in [0.717, 1.165) is 12.1 Å². The quantitative estimate of drug-likeness (QED) is 0.530. The van der Waals surface area contributed by atoms with Crippen molar-refractivity contribution in [3.63, 3.8) is 0 Å². The van der Waals surface area contributed by atoms with Crippen molar-refractivity contribution in [2.24, 2.45) is 11.8 Å². The molecule has 37 heavy (non-hydrogen) atoms. The van der Waals surface area contributed by atoms with Crippen LogP contribution < -0.4 is 15.2 Å². The van der Waals surface area contributed by atoms with Crippen LogP contribution in [0, 0.1) is 23.5 Å². The SMILES string of the molecule is COc1ccc2c(n1)CCN(C(=O)C1CC(CC(=O)O)C1)[C@H]2C(=O)Nc1cc(F)c([Si](C)(C)C)c(F)c1. The van der Waals surface area contributed by atoms with E-state index in [0.29, 0.717) is 36.4 Å². The molecule has 2 amide bonds. The number of hydrogen-bond acceptors (Lipinski definition) is 5. The first kappa shape index (κ1) is 26.7. The molecule has 198 valence electrons. The lowest BCUT2D eigenvalue weighted by atomic mass is 9.72. The van der Waals surface area contributed by atoms with Gasteiger partial charge in [0.05, 0.1) is 20.9 Å². The molecule has 1 atom stereocenters. The van der Waals surface area contributed by atoms with Gasteiger partial charge < -0.3 is 20.1 Å². The molecule has 2 N–H and O–H groups in total. The lowest BCUT2D eigenvalue weighted by Gasteiger charge is -2.41. The monoisotopic (exact) mass is 531 g/mol. The van der Waals surface area contributed by atoms with E-state index in [1.165, 1.54) is 12.0 Å². The smallest absolute Gasteiger partial charge is 0.303 e. The molecule has 4 rings (SSSR count). The van der Waals surface area contributed by atoms with E-state index in [9.17, 15) is 23.2 Å². The molecule has 1 saturated carbocycles. The molecule has 0 saturated heterocycles. The van der Waals surface area contributed by atoms with Gasteiger partial charge in [0.25, 0.3) is 5.91 Å². The number of aromatic nitrogens is 1. The summed E-state index contributed by atoms with van der Waals surface area (Å²) in [6.45, 7) is 5.72. The zero-order chi connectivity index (χ0) is 27.1. The largest absolute Gasteiger partial charge is 0.481 e. The fourth-order valence-corrected chi connectivity index (χ4v) is 6.83. The van der Waals surface area contributed by atoms with Gasteiger partial charge in [0.1, 0.15) is 17.7 Å². The molecule has 0 bridgehead atoms. The summed E-state index contributed by atoms with van der Waals surface area (Å²) in [6, 6.07) is 4.43. The van der Waals surface area contributed by atoms with Crippen LogP contribution in [0.25, 0.3) is 0 Å². The van der Waals surface area contributed by atoms with Gasteiger partial charge >= 0.3 is 5.97 Å². The number of amides is 2. The topological polar surface area (TPSA) is 109 Å². The molecule has 1 aromatic heterocycles. The molecule has 0 unspecified atom stereocenters. The zero-order valence-corrected chi connectivity index (χ0v) is 22.3. The fraction of sp³-hybridized carbons (Fsp3) is 0.462. The second-order valence-corrected chi connectivity index (χ2v) is 15.8. The van der Waals surface area contributed by atoms with Crippen LogP contribution in [-0.4, -0.2) is 54.5 Å². The second kappa shape index (κ2) is 10.2. The molecule has 1 fully saturated rings. The molecule has 8 nitrogen and oxygen atoms in total. The summed E-state index contributed by atoms with van der Waals surface area (Å²) in [6.07, 6.45) is 1.29. The number of carbonyl (C=O) groups is 3. The standard InChI is InChI=1S/C26H31F2N3O5Si/c1-36-21-6-5-17-20(30-21)7-8-31(26(35)15-9-14(10-15)11-22(32)33)23(17)25(34)29-16-12-18(27)24(19(28)13-16)37(2,3)4/h5-6,12-15,23H,7-11H2,1-4H3,(H,29,34)(H,32,33)/t14?,15?,23-/m1/s1. The number of nitrogens with zero attached hydrogens (tertiary/aromatic N) is 2. The number of carboxylic acids is 1. The van der Waals surface area contributed by atoms with Gasteiger partial charge in [-0.2, -0.15) is 0 Å². The summed E-state index contributed by atoms with van der Waals surface area (Å²) in [5, 5.41) is 11.7. The number of hydrogen-bond donors (Lipinski definition) is 2. The number of nitrogens with one attached hydrogen (secondary N) is 1. The molecule has 2 aliphatic rings. The third kappa shape index (κ3) is 5.51. The van der Waals surface area contributed by atoms with E-state index in [2.05, 4.69) is 10.3 Å². The molecule has 0 radical (unpaired) electrons. The predicted molar refractivity (Wildman–Crippen MR) is 135 cm³/mol. The lowest BCUT2D eigenvalue weighted by Crippen LogP contribution is -2.50. The first-order valence-corrected chi connectivity index (χ1v) is 15.8. The summed E-state index contributed by atoms with van der Waals surface area (Å²) >= 11 is 0. The van der Waals surface area contributed by atoms with Crippen LogP contribution in [0.2, 0.25) is 19.6 Å². The number of aliphatic carboxylic acids is 1. The number of methoxy groups -OCH3 is 1. The Hall–Kier alpha value is -3.34. The Morgan fingerprint density at radius 2 is 1.81 bits per heavy atom. The van der Waals surface area contributed by atoms with Crippen molar-refractivity contribution >= 4 is 36.7 Å². The minimum absolute atomic E-state index is 0.00475. The van der Waals surface area contributed by atoms with Crippen molar-refractivity contribution in [3.05, 3.63) is 47.2 Å². The molecule has 2 aromatic rings. The zero-order valence-electron chi connectivity index (χ0n) is 21.3. The van der Waals surface area contributed by atoms with Crippen molar-refractivity contribution in [2.45, 2.75) is 51.4 Å². The van der Waals surface area contributed by atoms with E-state index in [-0.39, 0.29) is 41.6 Å². The van der Waals surface area contributed by atoms with Gasteiger partial charge in [-0.15, -0.1) is 0 Å². The van der Waals surface area contributed by atoms with Crippen LogP contribution >= 0.6 is 0 Å². The van der Waals surface area contributed by atoms with Gasteiger partial charge in [0.2, 0.25) is 11.8 Å². The third-order valence-electron chi connectivity index (χ3n) is 7.03. The van der Waals surface area contributed by atoms with Gasteiger partial charge in [-0.25, -0.2) is 13.8 Å². The molecule has 1 aliphatic carbocycles. The van der Waals surface area contributed by atoms with Crippen molar-refractivity contribution in [1.82, 2.24) is 9.88 Å². The van der Waals surface area contributed by atoms with Gasteiger partial charge in [0.15, 0.2) is 0 Å². The third-order valence-corrected chi connectivity index (χ3v) is 9.01. The number of carbonyl (C=O) groups excluding carboxylic acids is 2. The maximum Gasteiger partial charge on any atom is 0.303 e. The molecule has 2 heterocycles. The number of pyridine rings is 1. The Bertz CT molecular complexity index is 1220. The Kier molecular flexibility index (Phi) is 7.36. The number of benzene rings is 1. The molecule has 1 aromatic carbocycles. The van der Waals surface area contributed by atoms with Crippen LogP contribution in [0.15, 0.2) is 24.3 Å². The number of ether oxygens (including phenoxy) is 1. The highest BCUT2D eigenvalue weighted by Crippen LogP contribution is 2.40. The van der Waals surface area contributed by atoms with Gasteiger partial charge in [-0.3, -0.25) is 14.4 Å². The minimum Gasteiger partial charge on any atom is -0.481 e. The van der Waals surface area contributed by atoms with Gasteiger partial charge in [-0.05, 0) is 37.0 Å². The average molecular weight is 532 g/mol. The Labute approximate surface area is 215 Å². The summed E-state index contributed by atoms with van der Waals surface area (Å²) in [5.74, 6) is -3.25. The first-order valence-electron chi connectivity index (χ1n) is 12.3. The average Bonchev–Trinajstić information content (AvgIpc) is 2.77. The van der Waals surface area contributed by atoms with E-state index < -0.39 is 37.6 Å². The maximum atomic E-state index is 14.8. The molecular weight excluding hydrogens is 500 g/mol. The summed E-state index contributed by atoms with van der Waals surface area (Å²) in [4.78, 5) is 43.9. The van der Waals surface area contributed by atoms with Gasteiger partial charge in [-0.1, -0.05) is 19.6 Å². The number of fused-ring (bicyclic) bond motifs is 1. The maximum absolute atomic E-state index is 14.8. The number of halogens is 2. The van der Waals surface area contributed by atoms with E-state index in [4.69, 9.17) is 9.84 Å². The molecule has 1 aliphatic heterocycles. The number of carboxylic acid groups (broad SMARTS) is 1. The normalized spacial score (nSPS) is 21.0. The summed E-state index contributed by atoms with van der Waals surface area (Å²) in [7, 11) is -0.818. The van der Waals surface area contributed by atoms with Crippen molar-refractivity contribution in [3.8, 4) is 5.88 Å². The highest BCUT2D eigenvalue weighted by atomic mass is 28.3. The van der Waals surface area contributed by atoms with Crippen molar-refractivity contribution in [2.75, 3.05) is 19.0 Å². The van der Waals surface area contributed by atoms with E-state index in [1.807, 2.05) is 19.6 Å². The predicted octanol–water partition coefficient (Wildman–Crippen LogP) is 3.48. The Balaban J connectivity index is 1.62. The van der Waals surface area contributed by atoms with E-state index >= 15 is 0 Å². The molecular formula is C26H31F2N3O5Si. The number of rotatable bonds is 7. The van der Waals surface area contributed by atoms with Crippen LogP contribution in [-0.2, 0) is 20.8 Å². The minimum atomic E-state index is -2.30. The highest BCUT2D eigenvalue weighted by molar-refractivity contribution is 6.88. The first-order chi connectivity index (χ1) is 17.4. The Morgan fingerprint density at radius 3 is 2.38 bits per heavy atom. The second-order valence-electron chi connectivity index (χ2n) is 10.8. The number of anilines is 1. The van der Waals surface area contributed by atoms with Crippen molar-refractivity contribution < 1.29 is 33.0 Å². The van der Waals surface area contributed by atoms with Crippen LogP contribution in [0.4, 0.5) is 14.5 Å². The van der Waals surface area contributed by atoms with Gasteiger partial charge in [0, 0.05) is 47.8 Å². The summed E-state index contributed by atoms with van der Waals surface area (Å²) < 4.78 is 34.9. The van der Waals surface area contributed by atoms with Crippen molar-refractivity contribution in [1.29, 1.82) is 0 Å². The fourth-order valence-electron chi connectivity index (χ4n) is 5.26. The molecule has 0 spiro atoms. The highest BCUT2D eigenvalue weighted by Gasteiger charge is 2.43. The Morgan fingerprint density at radius 1 is 1.16 bits per heavy atom. The summed E-state index contributed by atoms with van der Waals surface area (Å²) in [5.41, 5.74) is 1.08. The van der Waals surface area contributed by atoms with Crippen LogP contribution in [0.3, 0.4) is 0 Å².